The van der Waals surface area contributed by atoms with Gasteiger partial charge in [-0.05, 0) is 25.5 Å². The Bertz CT molecular complexity index is 664. The number of aromatic nitrogens is 2. The second kappa shape index (κ2) is 6.27. The Morgan fingerprint density at radius 2 is 2.18 bits per heavy atom. The summed E-state index contributed by atoms with van der Waals surface area (Å²) in [5, 5.41) is 16.3. The third-order valence-electron chi connectivity index (χ3n) is 3.70. The molecule has 2 heterocycles. The molecule has 2 atom stereocenters. The van der Waals surface area contributed by atoms with Crippen LogP contribution in [0.25, 0.3) is 11.4 Å². The molecule has 0 spiro atoms. The quantitative estimate of drug-likeness (QED) is 0.808. The second-order valence-electron chi connectivity index (χ2n) is 5.55. The number of rotatable bonds is 4. The number of benzene rings is 1. The van der Waals surface area contributed by atoms with Crippen LogP contribution in [0, 0.1) is 6.92 Å². The molecule has 3 rings (SSSR count). The zero-order chi connectivity index (χ0) is 15.5. The molecule has 1 saturated heterocycles. The molecule has 2 aromatic rings. The molecule has 3 N–H and O–H groups in total. The Hall–Kier alpha value is -2.21. The molecule has 6 heteroatoms. The fraction of sp³-hybridized carbons (Fsp3) is 0.375. The summed E-state index contributed by atoms with van der Waals surface area (Å²) in [6.45, 7) is 2.90. The molecular weight excluding hydrogens is 283 g/mol. The van der Waals surface area contributed by atoms with Gasteiger partial charge < -0.3 is 15.7 Å². The van der Waals surface area contributed by atoms with E-state index in [1.807, 2.05) is 19.1 Å². The third kappa shape index (κ3) is 3.33. The summed E-state index contributed by atoms with van der Waals surface area (Å²) < 4.78 is 13.1. The smallest absolute Gasteiger partial charge is 0.165 e. The molecule has 1 aromatic carbocycles. The fourth-order valence-corrected chi connectivity index (χ4v) is 2.60. The molecule has 116 valence electrons. The van der Waals surface area contributed by atoms with E-state index in [0.29, 0.717) is 36.7 Å². The van der Waals surface area contributed by atoms with Crippen LogP contribution in [-0.2, 0) is 0 Å². The monoisotopic (exact) mass is 302 g/mol. The number of phenolic OH excluding ortho intramolecular Hbond substituents is 1. The average Bonchev–Trinajstić information content (AvgIpc) is 2.91. The van der Waals surface area contributed by atoms with Crippen LogP contribution >= 0.6 is 0 Å². The Kier molecular flexibility index (Phi) is 4.20. The molecule has 1 fully saturated rings. The summed E-state index contributed by atoms with van der Waals surface area (Å²) in [4.78, 5) is 8.81. The predicted octanol–water partition coefficient (Wildman–Crippen LogP) is 2.27. The minimum absolute atomic E-state index is 0.110. The van der Waals surface area contributed by atoms with E-state index in [-0.39, 0.29) is 11.8 Å². The number of aryl methyl sites for hydroxylation is 1. The molecule has 0 saturated carbocycles. The molecule has 0 amide bonds. The standard InChI is InChI=1S/C16H19FN4O/c1-10-6-15(19-9-12-7-11(17)8-18-12)21-16(20-10)13-4-2-3-5-14(13)22/h2-6,11-12,18,22H,7-9H2,1H3,(H,19,20,21). The molecule has 0 radical (unpaired) electrons. The van der Waals surface area contributed by atoms with Gasteiger partial charge in [-0.3, -0.25) is 0 Å². The highest BCUT2D eigenvalue weighted by molar-refractivity contribution is 5.64. The summed E-state index contributed by atoms with van der Waals surface area (Å²) in [6.07, 6.45) is -0.251. The first-order valence-corrected chi connectivity index (χ1v) is 7.37. The van der Waals surface area contributed by atoms with Gasteiger partial charge in [0.05, 0.1) is 5.56 Å². The van der Waals surface area contributed by atoms with E-state index in [4.69, 9.17) is 0 Å². The van der Waals surface area contributed by atoms with Crippen molar-refractivity contribution in [3.8, 4) is 17.1 Å². The van der Waals surface area contributed by atoms with Gasteiger partial charge in [-0.25, -0.2) is 14.4 Å². The van der Waals surface area contributed by atoms with Crippen LogP contribution in [-0.4, -0.2) is 40.4 Å². The normalized spacial score (nSPS) is 21.0. The van der Waals surface area contributed by atoms with E-state index in [1.165, 1.54) is 0 Å². The summed E-state index contributed by atoms with van der Waals surface area (Å²) in [5.74, 6) is 1.30. The first-order valence-electron chi connectivity index (χ1n) is 7.37. The zero-order valence-corrected chi connectivity index (χ0v) is 12.4. The summed E-state index contributed by atoms with van der Waals surface area (Å²) in [7, 11) is 0. The maximum Gasteiger partial charge on any atom is 0.165 e. The lowest BCUT2D eigenvalue weighted by atomic mass is 10.2. The number of halogens is 1. The predicted molar refractivity (Wildman–Crippen MR) is 83.7 cm³/mol. The number of anilines is 1. The van der Waals surface area contributed by atoms with Gasteiger partial charge in [-0.15, -0.1) is 0 Å². The van der Waals surface area contributed by atoms with E-state index in [9.17, 15) is 9.50 Å². The van der Waals surface area contributed by atoms with Gasteiger partial charge in [0.25, 0.3) is 0 Å². The van der Waals surface area contributed by atoms with Crippen molar-refractivity contribution in [3.05, 3.63) is 36.0 Å². The number of nitrogens with zero attached hydrogens (tertiary/aromatic N) is 2. The van der Waals surface area contributed by atoms with Crippen molar-refractivity contribution in [2.75, 3.05) is 18.4 Å². The van der Waals surface area contributed by atoms with Gasteiger partial charge in [-0.2, -0.15) is 0 Å². The van der Waals surface area contributed by atoms with Gasteiger partial charge in [0.2, 0.25) is 0 Å². The SMILES string of the molecule is Cc1cc(NCC2CC(F)CN2)nc(-c2ccccc2O)n1. The minimum Gasteiger partial charge on any atom is -0.507 e. The van der Waals surface area contributed by atoms with Gasteiger partial charge >= 0.3 is 0 Å². The molecule has 1 aliphatic rings. The van der Waals surface area contributed by atoms with Gasteiger partial charge in [0.1, 0.15) is 17.7 Å². The van der Waals surface area contributed by atoms with Gasteiger partial charge in [-0.1, -0.05) is 12.1 Å². The van der Waals surface area contributed by atoms with Crippen molar-refractivity contribution < 1.29 is 9.50 Å². The molecular formula is C16H19FN4O. The second-order valence-corrected chi connectivity index (χ2v) is 5.55. The third-order valence-corrected chi connectivity index (χ3v) is 3.70. The van der Waals surface area contributed by atoms with E-state index in [1.54, 1.807) is 18.2 Å². The van der Waals surface area contributed by atoms with Crippen molar-refractivity contribution in [1.82, 2.24) is 15.3 Å². The number of phenols is 1. The number of alkyl halides is 1. The van der Waals surface area contributed by atoms with E-state index < -0.39 is 6.17 Å². The molecule has 0 aliphatic carbocycles. The van der Waals surface area contributed by atoms with Crippen molar-refractivity contribution in [3.63, 3.8) is 0 Å². The first kappa shape index (κ1) is 14.7. The molecule has 22 heavy (non-hydrogen) atoms. The topological polar surface area (TPSA) is 70.1 Å². The largest absolute Gasteiger partial charge is 0.507 e. The highest BCUT2D eigenvalue weighted by Crippen LogP contribution is 2.26. The van der Waals surface area contributed by atoms with E-state index in [0.717, 1.165) is 5.69 Å². The minimum atomic E-state index is -0.768. The van der Waals surface area contributed by atoms with Crippen LogP contribution in [0.1, 0.15) is 12.1 Å². The highest BCUT2D eigenvalue weighted by atomic mass is 19.1. The van der Waals surface area contributed by atoms with Crippen LogP contribution in [0.15, 0.2) is 30.3 Å². The maximum atomic E-state index is 13.1. The van der Waals surface area contributed by atoms with Crippen LogP contribution in [0.5, 0.6) is 5.75 Å². The summed E-state index contributed by atoms with van der Waals surface area (Å²) in [6, 6.07) is 8.92. The van der Waals surface area contributed by atoms with E-state index >= 15 is 0 Å². The van der Waals surface area contributed by atoms with Gasteiger partial charge in [0.15, 0.2) is 5.82 Å². The zero-order valence-electron chi connectivity index (χ0n) is 12.4. The van der Waals surface area contributed by atoms with Gasteiger partial charge in [0, 0.05) is 30.9 Å². The molecule has 1 aliphatic heterocycles. The average molecular weight is 302 g/mol. The van der Waals surface area contributed by atoms with Crippen molar-refractivity contribution >= 4 is 5.82 Å². The lowest BCUT2D eigenvalue weighted by molar-refractivity contribution is 0.356. The lowest BCUT2D eigenvalue weighted by Crippen LogP contribution is -2.29. The Labute approximate surface area is 128 Å². The number of hydrogen-bond donors (Lipinski definition) is 3. The van der Waals surface area contributed by atoms with Crippen LogP contribution in [0.4, 0.5) is 10.2 Å². The number of para-hydroxylation sites is 1. The van der Waals surface area contributed by atoms with Crippen molar-refractivity contribution in [1.29, 1.82) is 0 Å². The van der Waals surface area contributed by atoms with Crippen LogP contribution in [0.2, 0.25) is 0 Å². The summed E-state index contributed by atoms with van der Waals surface area (Å²) in [5.41, 5.74) is 1.40. The summed E-state index contributed by atoms with van der Waals surface area (Å²) >= 11 is 0. The van der Waals surface area contributed by atoms with E-state index in [2.05, 4.69) is 20.6 Å². The number of nitrogens with one attached hydrogen (secondary N) is 2. The highest BCUT2D eigenvalue weighted by Gasteiger charge is 2.23. The van der Waals surface area contributed by atoms with Crippen LogP contribution in [0.3, 0.4) is 0 Å². The van der Waals surface area contributed by atoms with Crippen LogP contribution < -0.4 is 10.6 Å². The molecule has 1 aromatic heterocycles. The Morgan fingerprint density at radius 3 is 2.91 bits per heavy atom. The number of hydrogen-bond acceptors (Lipinski definition) is 5. The number of aromatic hydroxyl groups is 1. The Morgan fingerprint density at radius 1 is 1.36 bits per heavy atom. The molecule has 2 unspecified atom stereocenters. The maximum absolute atomic E-state index is 13.1. The lowest BCUT2D eigenvalue weighted by Gasteiger charge is -2.13. The van der Waals surface area contributed by atoms with Crippen molar-refractivity contribution in [2.24, 2.45) is 0 Å². The first-order chi connectivity index (χ1) is 10.6. The Balaban J connectivity index is 1.77. The van der Waals surface area contributed by atoms with Crippen molar-refractivity contribution in [2.45, 2.75) is 25.6 Å². The molecule has 0 bridgehead atoms. The molecule has 5 nitrogen and oxygen atoms in total. The fourth-order valence-electron chi connectivity index (χ4n) is 2.60.